The summed E-state index contributed by atoms with van der Waals surface area (Å²) >= 11 is 1.65. The molecule has 1 amide bonds. The summed E-state index contributed by atoms with van der Waals surface area (Å²) in [5.74, 6) is 0.602. The number of hydrogen-bond donors (Lipinski definition) is 2. The molecule has 0 aliphatic heterocycles. The third-order valence-electron chi connectivity index (χ3n) is 2.82. The number of rotatable bonds is 8. The molecule has 0 saturated carbocycles. The van der Waals surface area contributed by atoms with Crippen molar-refractivity contribution in [1.82, 2.24) is 5.32 Å². The Morgan fingerprint density at radius 1 is 1.48 bits per heavy atom. The topological polar surface area (TPSA) is 84.3 Å². The highest BCUT2D eigenvalue weighted by molar-refractivity contribution is 7.98. The Morgan fingerprint density at radius 2 is 2.19 bits per heavy atom. The van der Waals surface area contributed by atoms with Gasteiger partial charge in [-0.15, -0.1) is 0 Å². The Balaban J connectivity index is 2.93. The summed E-state index contributed by atoms with van der Waals surface area (Å²) < 4.78 is 0. The van der Waals surface area contributed by atoms with Crippen LogP contribution in [0.3, 0.4) is 0 Å². The fourth-order valence-corrected chi connectivity index (χ4v) is 2.42. The zero-order valence-corrected chi connectivity index (χ0v) is 13.3. The van der Waals surface area contributed by atoms with E-state index in [0.717, 1.165) is 12.2 Å². The second-order valence-electron chi connectivity index (χ2n) is 4.75. The van der Waals surface area contributed by atoms with E-state index >= 15 is 0 Å². The van der Waals surface area contributed by atoms with Gasteiger partial charge in [0.1, 0.15) is 5.69 Å². The summed E-state index contributed by atoms with van der Waals surface area (Å²) in [5, 5.41) is 16.9. The number of nitro groups is 1. The highest BCUT2D eigenvalue weighted by atomic mass is 32.2. The first-order chi connectivity index (χ1) is 9.99. The van der Waals surface area contributed by atoms with Crippen LogP contribution in [-0.4, -0.2) is 35.4 Å². The number of nitrogens with one attached hydrogen (secondary N) is 2. The third kappa shape index (κ3) is 5.26. The summed E-state index contributed by atoms with van der Waals surface area (Å²) in [7, 11) is 0. The maximum absolute atomic E-state index is 12.1. The van der Waals surface area contributed by atoms with Crippen LogP contribution in [0.2, 0.25) is 0 Å². The zero-order valence-electron chi connectivity index (χ0n) is 12.5. The molecule has 1 aromatic rings. The van der Waals surface area contributed by atoms with Gasteiger partial charge < -0.3 is 10.6 Å². The Labute approximate surface area is 128 Å². The van der Waals surface area contributed by atoms with Crippen molar-refractivity contribution in [3.05, 3.63) is 33.9 Å². The molecule has 1 aromatic carbocycles. The molecule has 6 nitrogen and oxygen atoms in total. The molecule has 116 valence electrons. The van der Waals surface area contributed by atoms with Crippen molar-refractivity contribution in [1.29, 1.82) is 0 Å². The van der Waals surface area contributed by atoms with Crippen LogP contribution in [0.4, 0.5) is 11.4 Å². The first-order valence-corrected chi connectivity index (χ1v) is 8.21. The van der Waals surface area contributed by atoms with Crippen molar-refractivity contribution in [3.8, 4) is 0 Å². The van der Waals surface area contributed by atoms with Crippen molar-refractivity contribution in [2.24, 2.45) is 0 Å². The lowest BCUT2D eigenvalue weighted by molar-refractivity contribution is -0.384. The Hall–Kier alpha value is -1.76. The maximum Gasteiger partial charge on any atom is 0.292 e. The van der Waals surface area contributed by atoms with Crippen LogP contribution in [-0.2, 0) is 0 Å². The minimum absolute atomic E-state index is 0.0165. The molecule has 21 heavy (non-hydrogen) atoms. The lowest BCUT2D eigenvalue weighted by Gasteiger charge is -2.13. The van der Waals surface area contributed by atoms with Gasteiger partial charge in [0.05, 0.1) is 4.92 Å². The second kappa shape index (κ2) is 8.51. The van der Waals surface area contributed by atoms with Crippen LogP contribution in [0.15, 0.2) is 18.2 Å². The van der Waals surface area contributed by atoms with Gasteiger partial charge in [-0.2, -0.15) is 11.8 Å². The molecule has 0 aliphatic rings. The predicted octanol–water partition coefficient (Wildman–Crippen LogP) is 2.90. The van der Waals surface area contributed by atoms with E-state index in [1.165, 1.54) is 18.2 Å². The highest BCUT2D eigenvalue weighted by Crippen LogP contribution is 2.25. The first kappa shape index (κ1) is 17.3. The normalized spacial score (nSPS) is 11.8. The number of hydrogen-bond acceptors (Lipinski definition) is 5. The maximum atomic E-state index is 12.1. The van der Waals surface area contributed by atoms with Crippen molar-refractivity contribution in [2.45, 2.75) is 26.3 Å². The van der Waals surface area contributed by atoms with E-state index in [0.29, 0.717) is 17.8 Å². The van der Waals surface area contributed by atoms with E-state index in [-0.39, 0.29) is 17.6 Å². The van der Waals surface area contributed by atoms with Gasteiger partial charge in [0.2, 0.25) is 0 Å². The van der Waals surface area contributed by atoms with Gasteiger partial charge in [-0.05, 0) is 31.7 Å². The summed E-state index contributed by atoms with van der Waals surface area (Å²) in [6.07, 6.45) is 2.82. The molecule has 0 fully saturated rings. The van der Waals surface area contributed by atoms with Gasteiger partial charge in [0.15, 0.2) is 0 Å². The average molecular weight is 311 g/mol. The predicted molar refractivity (Wildman–Crippen MR) is 87.2 cm³/mol. The Kier molecular flexibility index (Phi) is 7.01. The molecule has 1 atom stereocenters. The monoisotopic (exact) mass is 311 g/mol. The van der Waals surface area contributed by atoms with Gasteiger partial charge in [-0.1, -0.05) is 6.92 Å². The van der Waals surface area contributed by atoms with Crippen molar-refractivity contribution < 1.29 is 9.72 Å². The number of benzene rings is 1. The lowest BCUT2D eigenvalue weighted by Crippen LogP contribution is -2.34. The minimum atomic E-state index is -0.448. The quantitative estimate of drug-likeness (QED) is 0.569. The van der Waals surface area contributed by atoms with Crippen molar-refractivity contribution in [3.63, 3.8) is 0 Å². The number of nitrogens with zero attached hydrogens (tertiary/aromatic N) is 1. The van der Waals surface area contributed by atoms with Crippen LogP contribution in [0, 0.1) is 10.1 Å². The van der Waals surface area contributed by atoms with Gasteiger partial charge in [-0.3, -0.25) is 14.9 Å². The molecule has 0 saturated heterocycles. The van der Waals surface area contributed by atoms with E-state index in [1.807, 2.05) is 20.1 Å². The lowest BCUT2D eigenvalue weighted by atomic mass is 10.1. The zero-order chi connectivity index (χ0) is 15.8. The first-order valence-electron chi connectivity index (χ1n) is 6.81. The SMILES string of the molecule is CCCNc1cc(C(=O)NC(C)CSC)ccc1[N+](=O)[O-]. The van der Waals surface area contributed by atoms with E-state index in [9.17, 15) is 14.9 Å². The summed E-state index contributed by atoms with van der Waals surface area (Å²) in [6.45, 7) is 4.52. The molecule has 0 aromatic heterocycles. The van der Waals surface area contributed by atoms with Crippen LogP contribution in [0.5, 0.6) is 0 Å². The van der Waals surface area contributed by atoms with Crippen LogP contribution in [0.25, 0.3) is 0 Å². The molecular weight excluding hydrogens is 290 g/mol. The molecule has 0 bridgehead atoms. The van der Waals surface area contributed by atoms with Crippen LogP contribution >= 0.6 is 11.8 Å². The van der Waals surface area contributed by atoms with Gasteiger partial charge >= 0.3 is 0 Å². The van der Waals surface area contributed by atoms with Crippen LogP contribution in [0.1, 0.15) is 30.6 Å². The molecule has 2 N–H and O–H groups in total. The minimum Gasteiger partial charge on any atom is -0.379 e. The van der Waals surface area contributed by atoms with Crippen molar-refractivity contribution >= 4 is 29.0 Å². The van der Waals surface area contributed by atoms with E-state index in [2.05, 4.69) is 10.6 Å². The van der Waals surface area contributed by atoms with E-state index in [4.69, 9.17) is 0 Å². The second-order valence-corrected chi connectivity index (χ2v) is 5.66. The number of carbonyl (C=O) groups is 1. The average Bonchev–Trinajstić information content (AvgIpc) is 2.44. The molecule has 1 rings (SSSR count). The summed E-state index contributed by atoms with van der Waals surface area (Å²) in [5.41, 5.74) is 0.788. The number of thioether (sulfide) groups is 1. The Bertz CT molecular complexity index is 508. The molecular formula is C14H21N3O3S. The number of nitro benzene ring substituents is 1. The molecule has 0 radical (unpaired) electrons. The van der Waals surface area contributed by atoms with Crippen LogP contribution < -0.4 is 10.6 Å². The van der Waals surface area contributed by atoms with Crippen molar-refractivity contribution in [2.75, 3.05) is 23.9 Å². The Morgan fingerprint density at radius 3 is 2.76 bits per heavy atom. The molecule has 7 heteroatoms. The number of anilines is 1. The van der Waals surface area contributed by atoms with E-state index < -0.39 is 4.92 Å². The third-order valence-corrected chi connectivity index (χ3v) is 3.65. The highest BCUT2D eigenvalue weighted by Gasteiger charge is 2.17. The summed E-state index contributed by atoms with van der Waals surface area (Å²) in [6, 6.07) is 4.44. The molecule has 0 spiro atoms. The molecule has 1 unspecified atom stereocenters. The molecule has 0 heterocycles. The molecule has 0 aliphatic carbocycles. The standard InChI is InChI=1S/C14H21N3O3S/c1-4-7-15-12-8-11(5-6-13(12)17(19)20)14(18)16-10(2)9-21-3/h5-6,8,10,15H,4,7,9H2,1-3H3,(H,16,18). The number of amides is 1. The smallest absolute Gasteiger partial charge is 0.292 e. The largest absolute Gasteiger partial charge is 0.379 e. The number of carbonyl (C=O) groups excluding carboxylic acids is 1. The summed E-state index contributed by atoms with van der Waals surface area (Å²) in [4.78, 5) is 22.7. The van der Waals surface area contributed by atoms with E-state index in [1.54, 1.807) is 11.8 Å². The van der Waals surface area contributed by atoms with Gasteiger partial charge in [0, 0.05) is 30.0 Å². The fraction of sp³-hybridized carbons (Fsp3) is 0.500. The fourth-order valence-electron chi connectivity index (χ4n) is 1.84. The van der Waals surface area contributed by atoms with Gasteiger partial charge in [-0.25, -0.2) is 0 Å². The van der Waals surface area contributed by atoms with Gasteiger partial charge in [0.25, 0.3) is 11.6 Å².